The monoisotopic (exact) mass is 359 g/mol. The van der Waals surface area contributed by atoms with Crippen molar-refractivity contribution in [1.82, 2.24) is 15.0 Å². The number of aryl methyl sites for hydroxylation is 1. The maximum atomic E-state index is 12.9. The Kier molecular flexibility index (Phi) is 3.76. The topological polar surface area (TPSA) is 66.7 Å². The summed E-state index contributed by atoms with van der Waals surface area (Å²) in [5.41, 5.74) is 1.48. The van der Waals surface area contributed by atoms with Gasteiger partial charge in [-0.3, -0.25) is 9.59 Å². The molecule has 142 valence electrons. The van der Waals surface area contributed by atoms with Gasteiger partial charge >= 0.3 is 0 Å². The van der Waals surface area contributed by atoms with E-state index in [1.165, 1.54) is 6.42 Å². The van der Waals surface area contributed by atoms with Crippen LogP contribution in [-0.2, 0) is 16.0 Å². The molecule has 2 unspecified atom stereocenters. The van der Waals surface area contributed by atoms with Gasteiger partial charge in [-0.05, 0) is 19.8 Å². The second-order valence-electron chi connectivity index (χ2n) is 9.70. The Morgan fingerprint density at radius 2 is 1.69 bits per heavy atom. The first kappa shape index (κ1) is 17.6. The number of hydrogen-bond donors (Lipinski definition) is 0. The summed E-state index contributed by atoms with van der Waals surface area (Å²) in [6, 6.07) is 0. The van der Waals surface area contributed by atoms with Gasteiger partial charge in [-0.2, -0.15) is 0 Å². The smallest absolute Gasteiger partial charge is 0.228 e. The predicted octanol–water partition coefficient (Wildman–Crippen LogP) is 2.41. The van der Waals surface area contributed by atoms with Crippen LogP contribution >= 0.6 is 0 Å². The lowest BCUT2D eigenvalue weighted by Crippen LogP contribution is -2.43. The predicted molar refractivity (Wildman–Crippen MR) is 96.3 cm³/mol. The zero-order valence-electron chi connectivity index (χ0n) is 16.3. The van der Waals surface area contributed by atoms with Crippen molar-refractivity contribution >= 4 is 11.8 Å². The van der Waals surface area contributed by atoms with Gasteiger partial charge in [-0.15, -0.1) is 0 Å². The Balaban J connectivity index is 1.51. The molecule has 0 N–H and O–H groups in total. The Morgan fingerprint density at radius 3 is 2.19 bits per heavy atom. The van der Waals surface area contributed by atoms with Crippen molar-refractivity contribution in [3.05, 3.63) is 17.5 Å². The summed E-state index contributed by atoms with van der Waals surface area (Å²) in [7, 11) is 0. The zero-order chi connectivity index (χ0) is 18.7. The van der Waals surface area contributed by atoms with Crippen molar-refractivity contribution in [1.29, 1.82) is 0 Å². The van der Waals surface area contributed by atoms with Crippen LogP contribution in [0.1, 0.15) is 51.3 Å². The van der Waals surface area contributed by atoms with Gasteiger partial charge in [-0.25, -0.2) is 0 Å². The summed E-state index contributed by atoms with van der Waals surface area (Å²) in [4.78, 5) is 29.8. The number of hydrogen-bond acceptors (Lipinski definition) is 4. The molecule has 1 aromatic heterocycles. The SMILES string of the molecule is Cc1conc1CC(=O)N1CC23CCCC2(C1)CN(C(=O)C(C)(C)C)C3. The summed E-state index contributed by atoms with van der Waals surface area (Å²) < 4.78 is 4.96. The van der Waals surface area contributed by atoms with E-state index in [4.69, 9.17) is 4.52 Å². The number of likely N-dealkylation sites (tertiary alicyclic amines) is 2. The quantitative estimate of drug-likeness (QED) is 0.813. The first-order valence-corrected chi connectivity index (χ1v) is 9.63. The summed E-state index contributed by atoms with van der Waals surface area (Å²) in [6.45, 7) is 11.0. The van der Waals surface area contributed by atoms with Gasteiger partial charge in [-0.1, -0.05) is 32.3 Å². The molecule has 0 radical (unpaired) electrons. The normalized spacial score (nSPS) is 30.6. The van der Waals surface area contributed by atoms with Crippen LogP contribution in [0, 0.1) is 23.2 Å². The molecular formula is C20H29N3O3. The first-order chi connectivity index (χ1) is 12.2. The molecule has 2 saturated heterocycles. The molecule has 4 rings (SSSR count). The van der Waals surface area contributed by atoms with Crippen LogP contribution < -0.4 is 0 Å². The number of aromatic nitrogens is 1. The maximum Gasteiger partial charge on any atom is 0.228 e. The van der Waals surface area contributed by atoms with Crippen LogP contribution in [0.15, 0.2) is 10.8 Å². The summed E-state index contributed by atoms with van der Waals surface area (Å²) in [6.07, 6.45) is 5.34. The molecule has 0 spiro atoms. The van der Waals surface area contributed by atoms with Crippen LogP contribution in [0.3, 0.4) is 0 Å². The van der Waals surface area contributed by atoms with Crippen molar-refractivity contribution in [3.63, 3.8) is 0 Å². The lowest BCUT2D eigenvalue weighted by Gasteiger charge is -2.31. The molecule has 6 heteroatoms. The molecule has 2 aliphatic heterocycles. The van der Waals surface area contributed by atoms with E-state index in [0.29, 0.717) is 6.42 Å². The Morgan fingerprint density at radius 1 is 1.12 bits per heavy atom. The number of carbonyl (C=O) groups excluding carboxylic acids is 2. The van der Waals surface area contributed by atoms with E-state index in [2.05, 4.69) is 10.1 Å². The molecule has 1 saturated carbocycles. The van der Waals surface area contributed by atoms with Crippen molar-refractivity contribution in [2.45, 2.75) is 53.4 Å². The molecule has 3 fully saturated rings. The number of amides is 2. The van der Waals surface area contributed by atoms with Crippen molar-refractivity contribution in [2.24, 2.45) is 16.2 Å². The molecule has 1 aromatic rings. The van der Waals surface area contributed by atoms with Crippen molar-refractivity contribution < 1.29 is 14.1 Å². The standard InChI is InChI=1S/C20H29N3O3/c1-14-9-26-21-15(14)8-16(24)22-10-19-6-5-7-20(19,11-22)13-23(12-19)17(25)18(2,3)4/h9H,5-8,10-13H2,1-4H3. The highest BCUT2D eigenvalue weighted by atomic mass is 16.5. The molecule has 2 amide bonds. The minimum absolute atomic E-state index is 0.0858. The van der Waals surface area contributed by atoms with Crippen LogP contribution in [0.2, 0.25) is 0 Å². The average molecular weight is 359 g/mol. The summed E-state index contributed by atoms with van der Waals surface area (Å²) in [5.74, 6) is 0.370. The van der Waals surface area contributed by atoms with Gasteiger partial charge in [0.1, 0.15) is 6.26 Å². The molecule has 0 bridgehead atoms. The van der Waals surface area contributed by atoms with Crippen molar-refractivity contribution in [3.8, 4) is 0 Å². The zero-order valence-corrected chi connectivity index (χ0v) is 16.3. The highest BCUT2D eigenvalue weighted by Crippen LogP contribution is 2.62. The minimum Gasteiger partial charge on any atom is -0.364 e. The number of nitrogens with zero attached hydrogens (tertiary/aromatic N) is 3. The Hall–Kier alpha value is -1.85. The van der Waals surface area contributed by atoms with Crippen LogP contribution in [0.5, 0.6) is 0 Å². The average Bonchev–Trinajstić information content (AvgIpc) is 3.20. The molecule has 2 atom stereocenters. The lowest BCUT2D eigenvalue weighted by atomic mass is 9.71. The van der Waals surface area contributed by atoms with E-state index >= 15 is 0 Å². The third-order valence-corrected chi connectivity index (χ3v) is 6.86. The van der Waals surface area contributed by atoms with Crippen LogP contribution in [0.25, 0.3) is 0 Å². The summed E-state index contributed by atoms with van der Waals surface area (Å²) in [5, 5.41) is 3.96. The molecule has 3 aliphatic rings. The Labute approximate surface area is 154 Å². The van der Waals surface area contributed by atoms with Gasteiger partial charge in [0.05, 0.1) is 12.1 Å². The fourth-order valence-electron chi connectivity index (χ4n) is 5.49. The summed E-state index contributed by atoms with van der Waals surface area (Å²) >= 11 is 0. The van der Waals surface area contributed by atoms with E-state index < -0.39 is 0 Å². The van der Waals surface area contributed by atoms with Crippen LogP contribution in [-0.4, -0.2) is 52.9 Å². The first-order valence-electron chi connectivity index (χ1n) is 9.63. The van der Waals surface area contributed by atoms with E-state index in [0.717, 1.165) is 50.3 Å². The third-order valence-electron chi connectivity index (χ3n) is 6.86. The minimum atomic E-state index is -0.347. The maximum absolute atomic E-state index is 12.9. The molecule has 3 heterocycles. The fraction of sp³-hybridized carbons (Fsp3) is 0.750. The molecule has 1 aliphatic carbocycles. The molecule has 6 nitrogen and oxygen atoms in total. The second kappa shape index (κ2) is 5.57. The highest BCUT2D eigenvalue weighted by molar-refractivity contribution is 5.82. The van der Waals surface area contributed by atoms with Crippen LogP contribution in [0.4, 0.5) is 0 Å². The van der Waals surface area contributed by atoms with Gasteiger partial charge < -0.3 is 14.3 Å². The second-order valence-corrected chi connectivity index (χ2v) is 9.70. The number of carbonyl (C=O) groups is 2. The molecule has 0 aromatic carbocycles. The lowest BCUT2D eigenvalue weighted by molar-refractivity contribution is -0.139. The molecular weight excluding hydrogens is 330 g/mol. The largest absolute Gasteiger partial charge is 0.364 e. The van der Waals surface area contributed by atoms with Gasteiger partial charge in [0.2, 0.25) is 11.8 Å². The van der Waals surface area contributed by atoms with Crippen molar-refractivity contribution in [2.75, 3.05) is 26.2 Å². The van der Waals surface area contributed by atoms with E-state index in [1.807, 2.05) is 32.6 Å². The molecule has 26 heavy (non-hydrogen) atoms. The number of rotatable bonds is 2. The van der Waals surface area contributed by atoms with Gasteiger partial charge in [0.25, 0.3) is 0 Å². The van der Waals surface area contributed by atoms with E-state index in [1.54, 1.807) is 6.26 Å². The Bertz CT molecular complexity index is 728. The highest BCUT2D eigenvalue weighted by Gasteiger charge is 2.66. The van der Waals surface area contributed by atoms with E-state index in [-0.39, 0.29) is 28.1 Å². The third kappa shape index (κ3) is 2.48. The fourth-order valence-corrected chi connectivity index (χ4v) is 5.49. The van der Waals surface area contributed by atoms with Gasteiger partial charge in [0.15, 0.2) is 0 Å². The van der Waals surface area contributed by atoms with E-state index in [9.17, 15) is 9.59 Å². The van der Waals surface area contributed by atoms with Gasteiger partial charge in [0, 0.05) is 48.0 Å².